The molecule has 1 unspecified atom stereocenters. The fourth-order valence-electron chi connectivity index (χ4n) is 2.02. The van der Waals surface area contributed by atoms with E-state index in [9.17, 15) is 4.79 Å². The van der Waals surface area contributed by atoms with Crippen molar-refractivity contribution < 1.29 is 4.79 Å². The Hall–Kier alpha value is -1.20. The van der Waals surface area contributed by atoms with E-state index in [0.717, 1.165) is 17.7 Å². The fraction of sp³-hybridized carbons (Fsp3) is 0.500. The number of carbonyl (C=O) groups is 1. The zero-order valence-corrected chi connectivity index (χ0v) is 12.9. The molecule has 1 aromatic rings. The van der Waals surface area contributed by atoms with Crippen molar-refractivity contribution in [3.63, 3.8) is 0 Å². The molecule has 1 aromatic carbocycles. The second-order valence-corrected chi connectivity index (χ2v) is 5.54. The minimum absolute atomic E-state index is 0.00819. The molecule has 1 rings (SSSR count). The van der Waals surface area contributed by atoms with Gasteiger partial charge in [0.2, 0.25) is 0 Å². The summed E-state index contributed by atoms with van der Waals surface area (Å²) in [6.07, 6.45) is 3.00. The van der Waals surface area contributed by atoms with Crippen molar-refractivity contribution in [3.05, 3.63) is 29.3 Å². The highest BCUT2D eigenvalue weighted by Gasteiger charge is 2.21. The number of carbonyl (C=O) groups excluding carboxylic acids is 1. The first-order valence-corrected chi connectivity index (χ1v) is 7.77. The molecule has 106 valence electrons. The Labute approximate surface area is 119 Å². The molecule has 0 aromatic heterocycles. The summed E-state index contributed by atoms with van der Waals surface area (Å²) in [6, 6.07) is 5.89. The maximum atomic E-state index is 12.5. The highest BCUT2D eigenvalue weighted by atomic mass is 32.2. The van der Waals surface area contributed by atoms with Crippen LogP contribution < -0.4 is 11.3 Å². The lowest BCUT2D eigenvalue weighted by atomic mass is 10.1. The number of thioether (sulfide) groups is 1. The molecule has 1 atom stereocenters. The molecule has 0 aliphatic heterocycles. The average Bonchev–Trinajstić information content (AvgIpc) is 2.43. The van der Waals surface area contributed by atoms with Crippen molar-refractivity contribution in [2.75, 3.05) is 24.5 Å². The smallest absolute Gasteiger partial charge is 0.256 e. The van der Waals surface area contributed by atoms with Gasteiger partial charge in [0.05, 0.1) is 11.3 Å². The summed E-state index contributed by atoms with van der Waals surface area (Å²) >= 11 is 1.75. The Morgan fingerprint density at radius 3 is 2.74 bits per heavy atom. The summed E-state index contributed by atoms with van der Waals surface area (Å²) in [5, 5.41) is 0. The summed E-state index contributed by atoms with van der Waals surface area (Å²) in [4.78, 5) is 14.3. The van der Waals surface area contributed by atoms with E-state index in [1.165, 1.54) is 0 Å². The van der Waals surface area contributed by atoms with Gasteiger partial charge in [-0.1, -0.05) is 13.0 Å². The van der Waals surface area contributed by atoms with Crippen molar-refractivity contribution in [1.29, 1.82) is 0 Å². The number of hydrogen-bond acceptors (Lipinski definition) is 4. The number of hydrogen-bond donors (Lipinski definition) is 2. The molecule has 0 aliphatic rings. The summed E-state index contributed by atoms with van der Waals surface area (Å²) in [5.41, 5.74) is 4.98. The first-order chi connectivity index (χ1) is 9.04. The van der Waals surface area contributed by atoms with Crippen LogP contribution in [0.15, 0.2) is 18.2 Å². The number of nitrogens with zero attached hydrogens (tertiary/aromatic N) is 1. The Bertz CT molecular complexity index is 437. The largest absolute Gasteiger partial charge is 0.338 e. The average molecular weight is 281 g/mol. The van der Waals surface area contributed by atoms with Crippen LogP contribution in [0.5, 0.6) is 0 Å². The maximum absolute atomic E-state index is 12.5. The third-order valence-electron chi connectivity index (χ3n) is 3.26. The van der Waals surface area contributed by atoms with Crippen LogP contribution >= 0.6 is 11.8 Å². The van der Waals surface area contributed by atoms with E-state index in [2.05, 4.69) is 18.6 Å². The zero-order valence-electron chi connectivity index (χ0n) is 12.1. The summed E-state index contributed by atoms with van der Waals surface area (Å²) in [7, 11) is 1.85. The van der Waals surface area contributed by atoms with E-state index < -0.39 is 0 Å². The number of anilines is 1. The SMILES string of the molecule is CCC(CSC)N(C)C(=O)c1ccc(C)cc1NN. The number of amides is 1. The Morgan fingerprint density at radius 1 is 1.53 bits per heavy atom. The molecule has 3 N–H and O–H groups in total. The lowest BCUT2D eigenvalue weighted by Crippen LogP contribution is -2.38. The van der Waals surface area contributed by atoms with Crippen LogP contribution in [-0.4, -0.2) is 35.9 Å². The van der Waals surface area contributed by atoms with Gasteiger partial charge in [-0.2, -0.15) is 11.8 Å². The van der Waals surface area contributed by atoms with Crippen LogP contribution in [0.2, 0.25) is 0 Å². The van der Waals surface area contributed by atoms with E-state index in [4.69, 9.17) is 5.84 Å². The lowest BCUT2D eigenvalue weighted by Gasteiger charge is -2.27. The number of nitrogens with two attached hydrogens (primary N) is 1. The molecule has 0 aliphatic carbocycles. The van der Waals surface area contributed by atoms with Crippen LogP contribution in [0.3, 0.4) is 0 Å². The minimum atomic E-state index is 0.00819. The van der Waals surface area contributed by atoms with Gasteiger partial charge in [-0.3, -0.25) is 10.6 Å². The number of rotatable bonds is 6. The number of hydrazine groups is 1. The molecule has 0 heterocycles. The number of nitrogen functional groups attached to an aromatic ring is 1. The van der Waals surface area contributed by atoms with E-state index in [-0.39, 0.29) is 11.9 Å². The molecule has 0 radical (unpaired) electrons. The highest BCUT2D eigenvalue weighted by molar-refractivity contribution is 7.98. The van der Waals surface area contributed by atoms with Gasteiger partial charge in [-0.15, -0.1) is 0 Å². The van der Waals surface area contributed by atoms with Crippen LogP contribution in [-0.2, 0) is 0 Å². The Kier molecular flexibility index (Phi) is 6.18. The second kappa shape index (κ2) is 7.40. The van der Waals surface area contributed by atoms with E-state index >= 15 is 0 Å². The molecule has 4 nitrogen and oxygen atoms in total. The van der Waals surface area contributed by atoms with Crippen LogP contribution in [0.4, 0.5) is 5.69 Å². The van der Waals surface area contributed by atoms with Crippen molar-refractivity contribution in [2.24, 2.45) is 5.84 Å². The lowest BCUT2D eigenvalue weighted by molar-refractivity contribution is 0.0744. The van der Waals surface area contributed by atoms with Gasteiger partial charge in [0.1, 0.15) is 0 Å². The van der Waals surface area contributed by atoms with Crippen molar-refractivity contribution in [1.82, 2.24) is 4.90 Å². The van der Waals surface area contributed by atoms with E-state index in [1.54, 1.807) is 11.8 Å². The van der Waals surface area contributed by atoms with Gasteiger partial charge in [0.15, 0.2) is 0 Å². The molecule has 0 bridgehead atoms. The summed E-state index contributed by atoms with van der Waals surface area (Å²) in [6.45, 7) is 4.07. The summed E-state index contributed by atoms with van der Waals surface area (Å²) < 4.78 is 0. The Morgan fingerprint density at radius 2 is 2.21 bits per heavy atom. The number of benzene rings is 1. The third kappa shape index (κ3) is 3.88. The molecular weight excluding hydrogens is 258 g/mol. The number of aryl methyl sites for hydroxylation is 1. The molecule has 0 saturated carbocycles. The molecule has 0 spiro atoms. The maximum Gasteiger partial charge on any atom is 0.256 e. The van der Waals surface area contributed by atoms with Crippen molar-refractivity contribution in [3.8, 4) is 0 Å². The van der Waals surface area contributed by atoms with Gasteiger partial charge in [0, 0.05) is 18.8 Å². The molecule has 5 heteroatoms. The predicted molar refractivity (Wildman–Crippen MR) is 83.5 cm³/mol. The summed E-state index contributed by atoms with van der Waals surface area (Å²) in [5.74, 6) is 6.45. The highest BCUT2D eigenvalue weighted by Crippen LogP contribution is 2.20. The van der Waals surface area contributed by atoms with E-state index in [0.29, 0.717) is 11.3 Å². The normalized spacial score (nSPS) is 12.1. The minimum Gasteiger partial charge on any atom is -0.338 e. The first kappa shape index (κ1) is 15.9. The topological polar surface area (TPSA) is 58.4 Å². The van der Waals surface area contributed by atoms with Crippen molar-refractivity contribution >= 4 is 23.4 Å². The monoisotopic (exact) mass is 281 g/mol. The van der Waals surface area contributed by atoms with E-state index in [1.807, 2.05) is 37.1 Å². The standard InChI is InChI=1S/C14H23N3OS/c1-5-11(9-19-4)17(3)14(18)12-7-6-10(2)8-13(12)16-15/h6-8,11,16H,5,9,15H2,1-4H3. The van der Waals surface area contributed by atoms with Crippen LogP contribution in [0.25, 0.3) is 0 Å². The van der Waals surface area contributed by atoms with Crippen LogP contribution in [0.1, 0.15) is 29.3 Å². The Balaban J connectivity index is 2.99. The second-order valence-electron chi connectivity index (χ2n) is 4.63. The quantitative estimate of drug-likeness (QED) is 0.621. The van der Waals surface area contributed by atoms with Gasteiger partial charge in [0.25, 0.3) is 5.91 Å². The third-order valence-corrected chi connectivity index (χ3v) is 3.98. The van der Waals surface area contributed by atoms with Gasteiger partial charge >= 0.3 is 0 Å². The van der Waals surface area contributed by atoms with Crippen molar-refractivity contribution in [2.45, 2.75) is 26.3 Å². The van der Waals surface area contributed by atoms with Gasteiger partial charge in [-0.05, 0) is 37.3 Å². The van der Waals surface area contributed by atoms with Crippen LogP contribution in [0, 0.1) is 6.92 Å². The molecule has 19 heavy (non-hydrogen) atoms. The predicted octanol–water partition coefficient (Wildman–Crippen LogP) is 2.49. The molecular formula is C14H23N3OS. The molecule has 0 fully saturated rings. The van der Waals surface area contributed by atoms with Gasteiger partial charge < -0.3 is 10.3 Å². The molecule has 0 saturated heterocycles. The van der Waals surface area contributed by atoms with Gasteiger partial charge in [-0.25, -0.2) is 0 Å². The molecule has 1 amide bonds. The number of nitrogens with one attached hydrogen (secondary N) is 1. The first-order valence-electron chi connectivity index (χ1n) is 6.38. The zero-order chi connectivity index (χ0) is 14.4. The fourth-order valence-corrected chi connectivity index (χ4v) is 2.86.